The van der Waals surface area contributed by atoms with E-state index >= 15 is 0 Å². The lowest BCUT2D eigenvalue weighted by Crippen LogP contribution is -2.24. The van der Waals surface area contributed by atoms with E-state index in [1.165, 1.54) is 17.1 Å². The van der Waals surface area contributed by atoms with Crippen LogP contribution >= 0.6 is 11.6 Å². The van der Waals surface area contributed by atoms with E-state index in [0.717, 1.165) is 16.6 Å². The Hall–Kier alpha value is -2.84. The van der Waals surface area contributed by atoms with Crippen molar-refractivity contribution in [3.05, 3.63) is 65.2 Å². The number of ether oxygens (including phenoxy) is 1. The molecule has 0 spiro atoms. The summed E-state index contributed by atoms with van der Waals surface area (Å²) < 4.78 is 22.8. The third kappa shape index (κ3) is 2.68. The highest BCUT2D eigenvalue weighted by Crippen LogP contribution is 2.36. The molecular formula is C19H16ClFN6O. The third-order valence-electron chi connectivity index (χ3n) is 5.13. The average Bonchev–Trinajstić information content (AvgIpc) is 3.27. The normalized spacial score (nSPS) is 15.7. The Morgan fingerprint density at radius 1 is 1.21 bits per heavy atom. The molecule has 0 amide bonds. The van der Waals surface area contributed by atoms with E-state index in [0.29, 0.717) is 29.7 Å². The first-order valence-corrected chi connectivity index (χ1v) is 9.27. The maximum absolute atomic E-state index is 14.1. The Labute approximate surface area is 164 Å². The molecule has 1 atom stereocenters. The van der Waals surface area contributed by atoms with Gasteiger partial charge in [-0.1, -0.05) is 28.9 Å². The van der Waals surface area contributed by atoms with Crippen molar-refractivity contribution >= 4 is 22.6 Å². The van der Waals surface area contributed by atoms with E-state index in [4.69, 9.17) is 16.3 Å². The number of aromatic nitrogens is 6. The fraction of sp³-hybridized carbons (Fsp3) is 0.263. The van der Waals surface area contributed by atoms with Gasteiger partial charge in [-0.05, 0) is 24.6 Å². The van der Waals surface area contributed by atoms with Gasteiger partial charge >= 0.3 is 0 Å². The molecule has 0 bridgehead atoms. The van der Waals surface area contributed by atoms with Crippen molar-refractivity contribution in [2.24, 2.45) is 0 Å². The topological polar surface area (TPSA) is 70.7 Å². The van der Waals surface area contributed by atoms with Gasteiger partial charge in [0.05, 0.1) is 30.8 Å². The minimum Gasteiger partial charge on any atom is -0.380 e. The number of fused-ring (bicyclic) bond motifs is 1. The Kier molecular flexibility index (Phi) is 4.10. The summed E-state index contributed by atoms with van der Waals surface area (Å²) in [6.45, 7) is 3.30. The van der Waals surface area contributed by atoms with Gasteiger partial charge in [0, 0.05) is 12.1 Å². The molecule has 0 saturated carbocycles. The van der Waals surface area contributed by atoms with Gasteiger partial charge in [-0.2, -0.15) is 0 Å². The summed E-state index contributed by atoms with van der Waals surface area (Å²) in [6.07, 6.45) is 5.21. The summed E-state index contributed by atoms with van der Waals surface area (Å²) in [4.78, 5) is 8.57. The fourth-order valence-corrected chi connectivity index (χ4v) is 3.70. The second kappa shape index (κ2) is 6.65. The lowest BCUT2D eigenvalue weighted by molar-refractivity contribution is 0.00892. The first kappa shape index (κ1) is 17.3. The molecule has 7 nitrogen and oxygen atoms in total. The third-order valence-corrected chi connectivity index (χ3v) is 5.41. The summed E-state index contributed by atoms with van der Waals surface area (Å²) in [7, 11) is 0. The second-order valence-electron chi connectivity index (χ2n) is 6.80. The smallest absolute Gasteiger partial charge is 0.148 e. The lowest BCUT2D eigenvalue weighted by Gasteiger charge is -2.25. The molecule has 4 aromatic rings. The van der Waals surface area contributed by atoms with Crippen molar-refractivity contribution in [1.29, 1.82) is 0 Å². The summed E-state index contributed by atoms with van der Waals surface area (Å²) >= 11 is 6.37. The zero-order valence-electron chi connectivity index (χ0n) is 15.0. The van der Waals surface area contributed by atoms with Crippen LogP contribution in [0.3, 0.4) is 0 Å². The fourth-order valence-electron chi connectivity index (χ4n) is 3.46. The number of hydrogen-bond acceptors (Lipinski definition) is 5. The Bertz CT molecular complexity index is 1170. The van der Waals surface area contributed by atoms with Crippen molar-refractivity contribution in [1.82, 2.24) is 29.5 Å². The van der Waals surface area contributed by atoms with Crippen molar-refractivity contribution in [2.75, 3.05) is 13.2 Å². The summed E-state index contributed by atoms with van der Waals surface area (Å²) in [5.41, 5.74) is 2.84. The predicted octanol–water partition coefficient (Wildman–Crippen LogP) is 3.53. The van der Waals surface area contributed by atoms with Crippen LogP contribution in [0.15, 0.2) is 43.0 Å². The number of benzene rings is 1. The van der Waals surface area contributed by atoms with Gasteiger partial charge in [0.15, 0.2) is 0 Å². The zero-order chi connectivity index (χ0) is 19.3. The maximum atomic E-state index is 14.1. The van der Waals surface area contributed by atoms with Crippen LogP contribution in [0.4, 0.5) is 4.39 Å². The Morgan fingerprint density at radius 3 is 2.79 bits per heavy atom. The van der Waals surface area contributed by atoms with Crippen molar-refractivity contribution in [2.45, 2.75) is 18.9 Å². The molecule has 28 heavy (non-hydrogen) atoms. The molecule has 4 heterocycles. The Balaban J connectivity index is 1.58. The first-order chi connectivity index (χ1) is 13.6. The van der Waals surface area contributed by atoms with Gasteiger partial charge in [0.25, 0.3) is 0 Å². The van der Waals surface area contributed by atoms with E-state index in [1.54, 1.807) is 24.4 Å². The molecule has 9 heteroatoms. The van der Waals surface area contributed by atoms with Crippen molar-refractivity contribution in [3.8, 4) is 5.69 Å². The number of para-hydroxylation sites is 1. The van der Waals surface area contributed by atoms with E-state index in [9.17, 15) is 4.39 Å². The molecule has 1 aliphatic rings. The summed E-state index contributed by atoms with van der Waals surface area (Å²) in [5.74, 6) is -0.0849. The van der Waals surface area contributed by atoms with E-state index in [-0.39, 0.29) is 17.8 Å². The van der Waals surface area contributed by atoms with Gasteiger partial charge in [-0.15, -0.1) is 5.10 Å². The van der Waals surface area contributed by atoms with Crippen LogP contribution in [-0.2, 0) is 4.74 Å². The number of hydrogen-bond donors (Lipinski definition) is 0. The van der Waals surface area contributed by atoms with Crippen LogP contribution in [0.25, 0.3) is 16.7 Å². The largest absolute Gasteiger partial charge is 0.380 e. The van der Waals surface area contributed by atoms with Crippen LogP contribution in [-0.4, -0.2) is 42.7 Å². The molecule has 1 fully saturated rings. The van der Waals surface area contributed by atoms with Gasteiger partial charge in [0.1, 0.15) is 34.3 Å². The van der Waals surface area contributed by atoms with Crippen LogP contribution in [0.5, 0.6) is 0 Å². The van der Waals surface area contributed by atoms with E-state index < -0.39 is 0 Å². The SMILES string of the molecule is CC(c1cn(-c2ccccc2F)nn1)n1cc(C2COC2)c2c(Cl)ncnc21. The minimum absolute atomic E-state index is 0.177. The highest BCUT2D eigenvalue weighted by molar-refractivity contribution is 6.34. The van der Waals surface area contributed by atoms with Crippen LogP contribution < -0.4 is 0 Å². The molecular weight excluding hydrogens is 383 g/mol. The van der Waals surface area contributed by atoms with E-state index in [2.05, 4.69) is 20.3 Å². The highest BCUT2D eigenvalue weighted by Gasteiger charge is 2.28. The Morgan fingerprint density at radius 2 is 2.04 bits per heavy atom. The van der Waals surface area contributed by atoms with Crippen molar-refractivity contribution < 1.29 is 9.13 Å². The molecule has 3 aromatic heterocycles. The summed E-state index contributed by atoms with van der Waals surface area (Å²) in [6, 6.07) is 6.27. The average molecular weight is 399 g/mol. The second-order valence-corrected chi connectivity index (χ2v) is 7.16. The molecule has 0 N–H and O–H groups in total. The maximum Gasteiger partial charge on any atom is 0.148 e. The number of rotatable bonds is 4. The molecule has 1 aliphatic heterocycles. The quantitative estimate of drug-likeness (QED) is 0.492. The van der Waals surface area contributed by atoms with Crippen LogP contribution in [0, 0.1) is 5.82 Å². The van der Waals surface area contributed by atoms with Crippen LogP contribution in [0.1, 0.15) is 30.1 Å². The zero-order valence-corrected chi connectivity index (χ0v) is 15.7. The summed E-state index contributed by atoms with van der Waals surface area (Å²) in [5, 5.41) is 9.61. The lowest BCUT2D eigenvalue weighted by atomic mass is 9.98. The molecule has 0 aliphatic carbocycles. The standard InChI is InChI=1S/C19H16ClFN6O/c1-11(15-7-27(25-24-15)16-5-3-2-4-14(16)21)26-6-13(12-8-28-9-12)17-18(20)22-10-23-19(17)26/h2-7,10-12H,8-9H2,1H3. The molecule has 1 saturated heterocycles. The first-order valence-electron chi connectivity index (χ1n) is 8.89. The molecule has 1 unspecified atom stereocenters. The molecule has 142 valence electrons. The predicted molar refractivity (Wildman–Crippen MR) is 101 cm³/mol. The van der Waals surface area contributed by atoms with Gasteiger partial charge in [-0.3, -0.25) is 0 Å². The van der Waals surface area contributed by atoms with Crippen LogP contribution in [0.2, 0.25) is 5.15 Å². The highest BCUT2D eigenvalue weighted by atomic mass is 35.5. The van der Waals surface area contributed by atoms with Gasteiger partial charge in [0.2, 0.25) is 0 Å². The monoisotopic (exact) mass is 398 g/mol. The van der Waals surface area contributed by atoms with Gasteiger partial charge < -0.3 is 9.30 Å². The minimum atomic E-state index is -0.357. The van der Waals surface area contributed by atoms with Crippen molar-refractivity contribution in [3.63, 3.8) is 0 Å². The number of nitrogens with zero attached hydrogens (tertiary/aromatic N) is 6. The molecule has 0 radical (unpaired) electrons. The van der Waals surface area contributed by atoms with Gasteiger partial charge in [-0.25, -0.2) is 19.0 Å². The van der Waals surface area contributed by atoms with E-state index in [1.807, 2.05) is 17.7 Å². The molecule has 1 aromatic carbocycles. The number of halogens is 2. The molecule has 5 rings (SSSR count).